The smallest absolute Gasteiger partial charge is 0.274 e. The van der Waals surface area contributed by atoms with Crippen LogP contribution in [0.2, 0.25) is 0 Å². The molecule has 1 heterocycles. The van der Waals surface area contributed by atoms with Crippen LogP contribution >= 0.6 is 0 Å². The Morgan fingerprint density at radius 3 is 2.35 bits per heavy atom. The first-order chi connectivity index (χ1) is 11.1. The molecule has 118 valence electrons. The van der Waals surface area contributed by atoms with Crippen LogP contribution in [0.15, 0.2) is 36.4 Å². The maximum Gasteiger partial charge on any atom is 0.274 e. The number of hydrogen-bond donors (Lipinski definition) is 1. The molecule has 3 amide bonds. The van der Waals surface area contributed by atoms with E-state index in [1.807, 2.05) is 12.2 Å². The first-order valence-corrected chi connectivity index (χ1v) is 7.62. The third-order valence-electron chi connectivity index (χ3n) is 5.04. The Kier molecular flexibility index (Phi) is 3.01. The first-order valence-electron chi connectivity index (χ1n) is 7.62. The number of nitrogens with zero attached hydrogens (tertiary/aromatic N) is 1. The van der Waals surface area contributed by atoms with Gasteiger partial charge in [-0.15, -0.1) is 0 Å². The van der Waals surface area contributed by atoms with Gasteiger partial charge in [-0.25, -0.2) is 0 Å². The SMILES string of the molecule is COc1ccccc1C(=O)NN1C(=O)[C@@H]2[C@H](C1=O)[C@H]1C=C[C@H]2C1. The zero-order valence-corrected chi connectivity index (χ0v) is 12.6. The predicted molar refractivity (Wildman–Crippen MR) is 80.0 cm³/mol. The number of nitrogens with one attached hydrogen (secondary N) is 1. The molecule has 1 aromatic carbocycles. The normalized spacial score (nSPS) is 30.7. The average Bonchev–Trinajstić information content (AvgIpc) is 3.24. The average molecular weight is 312 g/mol. The molecule has 1 saturated heterocycles. The number of fused-ring (bicyclic) bond motifs is 5. The lowest BCUT2D eigenvalue weighted by molar-refractivity contribution is -0.143. The largest absolute Gasteiger partial charge is 0.496 e. The summed E-state index contributed by atoms with van der Waals surface area (Å²) >= 11 is 0. The van der Waals surface area contributed by atoms with Crippen molar-refractivity contribution in [2.24, 2.45) is 23.7 Å². The maximum atomic E-state index is 12.5. The molecular weight excluding hydrogens is 296 g/mol. The Hall–Kier alpha value is -2.63. The van der Waals surface area contributed by atoms with Gasteiger partial charge in [0.1, 0.15) is 5.75 Å². The molecule has 3 aliphatic rings. The molecule has 4 atom stereocenters. The van der Waals surface area contributed by atoms with Crippen LogP contribution < -0.4 is 10.2 Å². The van der Waals surface area contributed by atoms with E-state index in [0.717, 1.165) is 11.4 Å². The van der Waals surface area contributed by atoms with E-state index in [0.29, 0.717) is 5.75 Å². The topological polar surface area (TPSA) is 75.7 Å². The van der Waals surface area contributed by atoms with Gasteiger partial charge in [0.25, 0.3) is 17.7 Å². The van der Waals surface area contributed by atoms with E-state index in [1.54, 1.807) is 24.3 Å². The zero-order valence-electron chi connectivity index (χ0n) is 12.6. The number of carbonyl (C=O) groups excluding carboxylic acids is 3. The van der Waals surface area contributed by atoms with Crippen LogP contribution in [-0.4, -0.2) is 29.8 Å². The number of benzene rings is 1. The van der Waals surface area contributed by atoms with Crippen molar-refractivity contribution in [1.82, 2.24) is 10.4 Å². The Balaban J connectivity index is 1.57. The van der Waals surface area contributed by atoms with Crippen LogP contribution in [-0.2, 0) is 9.59 Å². The molecule has 1 saturated carbocycles. The van der Waals surface area contributed by atoms with E-state index in [4.69, 9.17) is 4.74 Å². The van der Waals surface area contributed by atoms with E-state index in [1.165, 1.54) is 7.11 Å². The number of para-hydroxylation sites is 1. The standard InChI is InChI=1S/C17H16N2O4/c1-23-12-5-3-2-4-11(12)15(20)18-19-16(21)13-9-6-7-10(8-9)14(13)17(19)22/h2-7,9-10,13-14H,8H2,1H3,(H,18,20)/t9-,10-,13-,14+/m0/s1. The lowest BCUT2D eigenvalue weighted by Gasteiger charge is -2.18. The second-order valence-electron chi connectivity index (χ2n) is 6.15. The van der Waals surface area contributed by atoms with Gasteiger partial charge in [-0.05, 0) is 30.4 Å². The number of carbonyl (C=O) groups is 3. The number of amides is 3. The van der Waals surface area contributed by atoms with Gasteiger partial charge in [-0.2, -0.15) is 5.01 Å². The Bertz CT molecular complexity index is 712. The number of hydrazine groups is 1. The van der Waals surface area contributed by atoms with E-state index in [2.05, 4.69) is 5.43 Å². The van der Waals surface area contributed by atoms with Crippen molar-refractivity contribution >= 4 is 17.7 Å². The van der Waals surface area contributed by atoms with Gasteiger partial charge in [0.2, 0.25) is 0 Å². The highest BCUT2D eigenvalue weighted by Gasteiger charge is 2.59. The van der Waals surface area contributed by atoms with Crippen molar-refractivity contribution < 1.29 is 19.1 Å². The summed E-state index contributed by atoms with van der Waals surface area (Å²) in [5, 5.41) is 0.899. The summed E-state index contributed by atoms with van der Waals surface area (Å²) in [6.07, 6.45) is 4.90. The van der Waals surface area contributed by atoms with E-state index in [9.17, 15) is 14.4 Å². The summed E-state index contributed by atoms with van der Waals surface area (Å²) in [4.78, 5) is 37.5. The minimum atomic E-state index is -0.524. The van der Waals surface area contributed by atoms with Gasteiger partial charge in [-0.1, -0.05) is 24.3 Å². The summed E-state index contributed by atoms with van der Waals surface area (Å²) in [5.41, 5.74) is 2.74. The molecule has 2 fully saturated rings. The Labute approximate surface area is 133 Å². The summed E-state index contributed by atoms with van der Waals surface area (Å²) in [6, 6.07) is 6.69. The molecule has 23 heavy (non-hydrogen) atoms. The Morgan fingerprint density at radius 1 is 1.13 bits per heavy atom. The molecular formula is C17H16N2O4. The van der Waals surface area contributed by atoms with E-state index >= 15 is 0 Å². The second kappa shape index (κ2) is 4.94. The summed E-state index contributed by atoms with van der Waals surface area (Å²) in [7, 11) is 1.46. The minimum absolute atomic E-state index is 0.120. The van der Waals surface area contributed by atoms with Crippen molar-refractivity contribution in [2.75, 3.05) is 7.11 Å². The number of imide groups is 1. The van der Waals surface area contributed by atoms with Crippen molar-refractivity contribution in [3.8, 4) is 5.75 Å². The number of methoxy groups -OCH3 is 1. The van der Waals surface area contributed by atoms with Gasteiger partial charge in [0.05, 0.1) is 24.5 Å². The predicted octanol–water partition coefficient (Wildman–Crippen LogP) is 1.15. The van der Waals surface area contributed by atoms with Gasteiger partial charge in [0.15, 0.2) is 0 Å². The molecule has 1 aromatic rings. The molecule has 0 aromatic heterocycles. The molecule has 6 heteroatoms. The molecule has 6 nitrogen and oxygen atoms in total. The molecule has 1 N–H and O–H groups in total. The maximum absolute atomic E-state index is 12.5. The highest BCUT2D eigenvalue weighted by atomic mass is 16.5. The fourth-order valence-corrected chi connectivity index (χ4v) is 4.01. The number of allylic oxidation sites excluding steroid dienone is 2. The molecule has 0 radical (unpaired) electrons. The third kappa shape index (κ3) is 1.91. The number of rotatable bonds is 3. The quantitative estimate of drug-likeness (QED) is 0.671. The van der Waals surface area contributed by atoms with Crippen LogP contribution in [0, 0.1) is 23.7 Å². The van der Waals surface area contributed by atoms with Gasteiger partial charge >= 0.3 is 0 Å². The lowest BCUT2D eigenvalue weighted by atomic mass is 9.85. The fourth-order valence-electron chi connectivity index (χ4n) is 4.01. The first kappa shape index (κ1) is 14.0. The van der Waals surface area contributed by atoms with Crippen LogP contribution in [0.5, 0.6) is 5.75 Å². The summed E-state index contributed by atoms with van der Waals surface area (Å²) < 4.78 is 5.14. The summed E-state index contributed by atoms with van der Waals surface area (Å²) in [6.45, 7) is 0. The summed E-state index contributed by atoms with van der Waals surface area (Å²) in [5.74, 6) is -1.15. The Morgan fingerprint density at radius 2 is 1.74 bits per heavy atom. The van der Waals surface area contributed by atoms with Crippen LogP contribution in [0.3, 0.4) is 0 Å². The van der Waals surface area contributed by atoms with E-state index in [-0.39, 0.29) is 41.0 Å². The van der Waals surface area contributed by atoms with Crippen LogP contribution in [0.1, 0.15) is 16.8 Å². The third-order valence-corrected chi connectivity index (χ3v) is 5.04. The van der Waals surface area contributed by atoms with Crippen molar-refractivity contribution in [3.05, 3.63) is 42.0 Å². The second-order valence-corrected chi connectivity index (χ2v) is 6.15. The highest BCUT2D eigenvalue weighted by Crippen LogP contribution is 2.52. The lowest BCUT2D eigenvalue weighted by Crippen LogP contribution is -2.47. The zero-order chi connectivity index (χ0) is 16.1. The number of ether oxygens (including phenoxy) is 1. The van der Waals surface area contributed by atoms with Gasteiger partial charge in [0, 0.05) is 0 Å². The monoisotopic (exact) mass is 312 g/mol. The molecule has 0 unspecified atom stereocenters. The molecule has 2 aliphatic carbocycles. The van der Waals surface area contributed by atoms with Crippen LogP contribution in [0.4, 0.5) is 0 Å². The van der Waals surface area contributed by atoms with Gasteiger partial charge < -0.3 is 4.74 Å². The minimum Gasteiger partial charge on any atom is -0.496 e. The molecule has 0 spiro atoms. The van der Waals surface area contributed by atoms with Crippen molar-refractivity contribution in [2.45, 2.75) is 6.42 Å². The fraction of sp³-hybridized carbons (Fsp3) is 0.353. The van der Waals surface area contributed by atoms with Crippen LogP contribution in [0.25, 0.3) is 0 Å². The molecule has 2 bridgehead atoms. The molecule has 4 rings (SSSR count). The van der Waals surface area contributed by atoms with Crippen molar-refractivity contribution in [3.63, 3.8) is 0 Å². The number of hydrogen-bond acceptors (Lipinski definition) is 4. The van der Waals surface area contributed by atoms with Crippen molar-refractivity contribution in [1.29, 1.82) is 0 Å². The highest BCUT2D eigenvalue weighted by molar-refractivity contribution is 6.09. The van der Waals surface area contributed by atoms with Gasteiger partial charge in [-0.3, -0.25) is 19.8 Å². The molecule has 1 aliphatic heterocycles. The van der Waals surface area contributed by atoms with E-state index < -0.39 is 5.91 Å².